The first-order chi connectivity index (χ1) is 3.18. The van der Waals surface area contributed by atoms with Crippen molar-refractivity contribution >= 4 is 8.96 Å². The minimum absolute atomic E-state index is 0.431. The van der Waals surface area contributed by atoms with Crippen molar-refractivity contribution in [1.82, 2.24) is 4.57 Å². The Morgan fingerprint density at radius 1 is 1.43 bits per heavy atom. The summed E-state index contributed by atoms with van der Waals surface area (Å²) in [7, 11) is 1.76. The third-order valence-corrected chi connectivity index (χ3v) is 3.51. The highest BCUT2D eigenvalue weighted by atomic mass is 28.3. The van der Waals surface area contributed by atoms with E-state index in [2.05, 4.69) is 31.6 Å². The summed E-state index contributed by atoms with van der Waals surface area (Å²) >= 11 is 0. The minimum atomic E-state index is -0.431. The SMILES string of the molecule is CCN(C)[SiH](C)C. The minimum Gasteiger partial charge on any atom is -0.329 e. The van der Waals surface area contributed by atoms with Gasteiger partial charge in [0.25, 0.3) is 0 Å². The van der Waals surface area contributed by atoms with Crippen molar-refractivity contribution < 1.29 is 0 Å². The van der Waals surface area contributed by atoms with Crippen LogP contribution in [0.5, 0.6) is 0 Å². The third kappa shape index (κ3) is 2.82. The first-order valence-electron chi connectivity index (χ1n) is 2.88. The largest absolute Gasteiger partial charge is 0.329 e. The van der Waals surface area contributed by atoms with Crippen LogP contribution in [0.2, 0.25) is 13.1 Å². The normalized spacial score (nSPS) is 11.1. The maximum absolute atomic E-state index is 2.43. The highest BCUT2D eigenvalue weighted by Crippen LogP contribution is 1.85. The van der Waals surface area contributed by atoms with Crippen molar-refractivity contribution in [3.05, 3.63) is 0 Å². The summed E-state index contributed by atoms with van der Waals surface area (Å²) in [5.41, 5.74) is 0. The van der Waals surface area contributed by atoms with Gasteiger partial charge in [0.15, 0.2) is 0 Å². The molecular formula is C5H15NSi. The predicted molar refractivity (Wildman–Crippen MR) is 37.2 cm³/mol. The van der Waals surface area contributed by atoms with Crippen LogP contribution in [0.4, 0.5) is 0 Å². The fourth-order valence-corrected chi connectivity index (χ4v) is 1.10. The number of hydrogen-bond donors (Lipinski definition) is 0. The molecule has 0 aliphatic carbocycles. The van der Waals surface area contributed by atoms with Gasteiger partial charge in [0.05, 0.1) is 0 Å². The van der Waals surface area contributed by atoms with E-state index in [0.717, 1.165) is 0 Å². The van der Waals surface area contributed by atoms with E-state index in [-0.39, 0.29) is 0 Å². The summed E-state index contributed by atoms with van der Waals surface area (Å²) in [4.78, 5) is 0. The molecule has 0 bridgehead atoms. The molecule has 0 amide bonds. The molecule has 0 aliphatic rings. The lowest BCUT2D eigenvalue weighted by Crippen LogP contribution is -2.29. The second kappa shape index (κ2) is 3.21. The first-order valence-corrected chi connectivity index (χ1v) is 5.71. The van der Waals surface area contributed by atoms with Crippen molar-refractivity contribution in [3.63, 3.8) is 0 Å². The first kappa shape index (κ1) is 7.18. The van der Waals surface area contributed by atoms with Crippen molar-refractivity contribution in [1.29, 1.82) is 0 Å². The van der Waals surface area contributed by atoms with E-state index in [4.69, 9.17) is 0 Å². The average molecular weight is 117 g/mol. The van der Waals surface area contributed by atoms with Crippen molar-refractivity contribution in [2.75, 3.05) is 13.6 Å². The smallest absolute Gasteiger partial charge is 0.105 e. The Kier molecular flexibility index (Phi) is 3.30. The second-order valence-corrected chi connectivity index (χ2v) is 5.24. The highest BCUT2D eigenvalue weighted by Gasteiger charge is 1.98. The molecule has 0 radical (unpaired) electrons. The van der Waals surface area contributed by atoms with Gasteiger partial charge in [-0.2, -0.15) is 0 Å². The van der Waals surface area contributed by atoms with Gasteiger partial charge in [0.2, 0.25) is 0 Å². The van der Waals surface area contributed by atoms with Crippen LogP contribution in [-0.2, 0) is 0 Å². The maximum atomic E-state index is 2.43. The molecule has 0 aromatic rings. The van der Waals surface area contributed by atoms with Gasteiger partial charge in [-0.1, -0.05) is 20.0 Å². The van der Waals surface area contributed by atoms with E-state index in [9.17, 15) is 0 Å². The molecule has 0 aromatic carbocycles. The standard InChI is InChI=1S/C5H15NSi/c1-5-6(2)7(3)4/h7H,5H2,1-4H3. The second-order valence-electron chi connectivity index (χ2n) is 2.17. The molecule has 0 spiro atoms. The average Bonchev–Trinajstić information content (AvgIpc) is 1.65. The summed E-state index contributed by atoms with van der Waals surface area (Å²) in [6.07, 6.45) is 0. The van der Waals surface area contributed by atoms with Crippen molar-refractivity contribution in [2.24, 2.45) is 0 Å². The molecular weight excluding hydrogens is 102 g/mol. The Balaban J connectivity index is 3.14. The molecule has 44 valence electrons. The molecule has 2 heteroatoms. The highest BCUT2D eigenvalue weighted by molar-refractivity contribution is 6.52. The summed E-state index contributed by atoms with van der Waals surface area (Å²) in [5, 5.41) is 0. The summed E-state index contributed by atoms with van der Waals surface area (Å²) < 4.78 is 2.43. The van der Waals surface area contributed by atoms with Crippen LogP contribution in [0, 0.1) is 0 Å². The van der Waals surface area contributed by atoms with Gasteiger partial charge in [0.1, 0.15) is 8.96 Å². The quantitative estimate of drug-likeness (QED) is 0.486. The van der Waals surface area contributed by atoms with Crippen LogP contribution in [0.3, 0.4) is 0 Å². The van der Waals surface area contributed by atoms with Crippen molar-refractivity contribution in [2.45, 2.75) is 20.0 Å². The topological polar surface area (TPSA) is 3.24 Å². The molecule has 0 saturated heterocycles. The van der Waals surface area contributed by atoms with E-state index < -0.39 is 8.96 Å². The van der Waals surface area contributed by atoms with Crippen LogP contribution >= 0.6 is 0 Å². The summed E-state index contributed by atoms with van der Waals surface area (Å²) in [6.45, 7) is 8.09. The molecule has 7 heavy (non-hydrogen) atoms. The molecule has 0 heterocycles. The summed E-state index contributed by atoms with van der Waals surface area (Å²) in [6, 6.07) is 0. The molecule has 0 fully saturated rings. The van der Waals surface area contributed by atoms with Gasteiger partial charge < -0.3 is 4.57 Å². The van der Waals surface area contributed by atoms with Gasteiger partial charge >= 0.3 is 0 Å². The van der Waals surface area contributed by atoms with Crippen LogP contribution < -0.4 is 0 Å². The molecule has 0 atom stereocenters. The molecule has 1 nitrogen and oxygen atoms in total. The van der Waals surface area contributed by atoms with Gasteiger partial charge in [0, 0.05) is 0 Å². The van der Waals surface area contributed by atoms with E-state index in [1.165, 1.54) is 6.54 Å². The van der Waals surface area contributed by atoms with Crippen LogP contribution in [-0.4, -0.2) is 27.1 Å². The van der Waals surface area contributed by atoms with Gasteiger partial charge in [-0.15, -0.1) is 0 Å². The Morgan fingerprint density at radius 3 is 1.86 bits per heavy atom. The van der Waals surface area contributed by atoms with Crippen LogP contribution in [0.25, 0.3) is 0 Å². The van der Waals surface area contributed by atoms with Crippen molar-refractivity contribution in [3.8, 4) is 0 Å². The van der Waals surface area contributed by atoms with E-state index in [1.807, 2.05) is 0 Å². The monoisotopic (exact) mass is 117 g/mol. The number of nitrogens with zero attached hydrogens (tertiary/aromatic N) is 1. The van der Waals surface area contributed by atoms with Crippen LogP contribution in [0.15, 0.2) is 0 Å². The summed E-state index contributed by atoms with van der Waals surface area (Å²) in [5.74, 6) is 0. The molecule has 0 saturated carbocycles. The molecule has 0 N–H and O–H groups in total. The molecule has 0 aliphatic heterocycles. The Bertz CT molecular complexity index is 45.3. The fraction of sp³-hybridized carbons (Fsp3) is 1.00. The Morgan fingerprint density at radius 2 is 1.86 bits per heavy atom. The zero-order chi connectivity index (χ0) is 5.86. The lowest BCUT2D eigenvalue weighted by molar-refractivity contribution is 0.556. The fourth-order valence-electron chi connectivity index (χ4n) is 0.365. The lowest BCUT2D eigenvalue weighted by Gasteiger charge is -2.16. The predicted octanol–water partition coefficient (Wildman–Crippen LogP) is 0.921. The molecule has 0 rings (SSSR count). The zero-order valence-corrected chi connectivity index (χ0v) is 6.89. The van der Waals surface area contributed by atoms with E-state index in [1.54, 1.807) is 0 Å². The molecule has 0 aromatic heterocycles. The van der Waals surface area contributed by atoms with E-state index >= 15 is 0 Å². The lowest BCUT2D eigenvalue weighted by atomic mass is 10.8. The zero-order valence-electron chi connectivity index (χ0n) is 5.73. The van der Waals surface area contributed by atoms with Gasteiger partial charge in [-0.05, 0) is 13.6 Å². The third-order valence-electron chi connectivity index (χ3n) is 1.38. The maximum Gasteiger partial charge on any atom is 0.105 e. The van der Waals surface area contributed by atoms with Gasteiger partial charge in [-0.25, -0.2) is 0 Å². The number of rotatable bonds is 2. The molecule has 0 unspecified atom stereocenters. The number of hydrogen-bond acceptors (Lipinski definition) is 1. The van der Waals surface area contributed by atoms with Crippen LogP contribution in [0.1, 0.15) is 6.92 Å². The Hall–Kier alpha value is 0.177. The Labute approximate surface area is 48.0 Å². The van der Waals surface area contributed by atoms with Gasteiger partial charge in [-0.3, -0.25) is 0 Å². The van der Waals surface area contributed by atoms with E-state index in [0.29, 0.717) is 0 Å².